The van der Waals surface area contributed by atoms with Gasteiger partial charge < -0.3 is 5.73 Å². The van der Waals surface area contributed by atoms with Crippen molar-refractivity contribution >= 4 is 16.9 Å². The lowest BCUT2D eigenvalue weighted by Crippen LogP contribution is -2.10. The van der Waals surface area contributed by atoms with Gasteiger partial charge in [0, 0.05) is 5.56 Å². The topological polar surface area (TPSA) is 124 Å². The lowest BCUT2D eigenvalue weighted by molar-refractivity contribution is 0.565. The van der Waals surface area contributed by atoms with Crippen LogP contribution in [0.3, 0.4) is 0 Å². The molecule has 0 saturated heterocycles. The summed E-state index contributed by atoms with van der Waals surface area (Å²) in [5.74, 6) is -0.123. The van der Waals surface area contributed by atoms with E-state index in [1.165, 1.54) is 17.1 Å². The summed E-state index contributed by atoms with van der Waals surface area (Å²) in [5.41, 5.74) is 9.32. The molecule has 0 spiro atoms. The number of anilines is 1. The molecule has 3 heterocycles. The highest BCUT2D eigenvalue weighted by Crippen LogP contribution is 2.33. The molecule has 1 atom stereocenters. The smallest absolute Gasteiger partial charge is 0.164 e. The Hall–Kier alpha value is -4.65. The first kappa shape index (κ1) is 19.3. The van der Waals surface area contributed by atoms with Crippen LogP contribution in [0.15, 0.2) is 61.1 Å². The van der Waals surface area contributed by atoms with Gasteiger partial charge in [-0.1, -0.05) is 29.5 Å². The molecule has 0 radical (unpaired) electrons. The van der Waals surface area contributed by atoms with Gasteiger partial charge >= 0.3 is 0 Å². The third kappa shape index (κ3) is 3.13. The molecule has 5 rings (SSSR count). The van der Waals surface area contributed by atoms with Gasteiger partial charge in [0.2, 0.25) is 0 Å². The molecule has 0 amide bonds. The first-order valence-corrected chi connectivity index (χ1v) is 9.73. The zero-order valence-electron chi connectivity index (χ0n) is 16.9. The van der Waals surface area contributed by atoms with Crippen LogP contribution in [0.25, 0.3) is 28.0 Å². The third-order valence-electron chi connectivity index (χ3n) is 5.19. The second-order valence-electron chi connectivity index (χ2n) is 7.16. The molecule has 32 heavy (non-hydrogen) atoms. The van der Waals surface area contributed by atoms with Crippen LogP contribution < -0.4 is 5.73 Å². The number of aromatic nitrogens is 7. The SMILES string of the molecule is CC(c1cn(-c2ccccc2F)nn1)n1nc(-c2cccc(C#N)c2)c2c(N)ncnc21. The van der Waals surface area contributed by atoms with Gasteiger partial charge in [0.05, 0.1) is 29.3 Å². The fourth-order valence-corrected chi connectivity index (χ4v) is 3.55. The van der Waals surface area contributed by atoms with Gasteiger partial charge in [0.15, 0.2) is 5.65 Å². The van der Waals surface area contributed by atoms with E-state index < -0.39 is 5.82 Å². The summed E-state index contributed by atoms with van der Waals surface area (Å²) >= 11 is 0. The minimum absolute atomic E-state index is 0.279. The number of hydrogen-bond donors (Lipinski definition) is 1. The van der Waals surface area contributed by atoms with E-state index >= 15 is 0 Å². The molecule has 2 N–H and O–H groups in total. The highest BCUT2D eigenvalue weighted by molar-refractivity contribution is 5.98. The number of nitrogens with zero attached hydrogens (tertiary/aromatic N) is 8. The van der Waals surface area contributed by atoms with E-state index in [0.29, 0.717) is 33.7 Å². The number of para-hydroxylation sites is 1. The summed E-state index contributed by atoms with van der Waals surface area (Å²) in [6.45, 7) is 1.88. The van der Waals surface area contributed by atoms with Crippen molar-refractivity contribution in [2.75, 3.05) is 5.73 Å². The predicted octanol–water partition coefficient (Wildman–Crippen LogP) is 3.28. The van der Waals surface area contributed by atoms with E-state index in [-0.39, 0.29) is 11.9 Å². The normalized spacial score (nSPS) is 12.0. The van der Waals surface area contributed by atoms with Crippen LogP contribution in [-0.4, -0.2) is 34.7 Å². The average molecular weight is 425 g/mol. The summed E-state index contributed by atoms with van der Waals surface area (Å²) in [7, 11) is 0. The summed E-state index contributed by atoms with van der Waals surface area (Å²) < 4.78 is 17.2. The first-order valence-electron chi connectivity index (χ1n) is 9.73. The van der Waals surface area contributed by atoms with Crippen LogP contribution in [-0.2, 0) is 0 Å². The van der Waals surface area contributed by atoms with Crippen molar-refractivity contribution in [1.82, 2.24) is 34.7 Å². The largest absolute Gasteiger partial charge is 0.383 e. The minimum Gasteiger partial charge on any atom is -0.383 e. The van der Waals surface area contributed by atoms with Gasteiger partial charge in [-0.25, -0.2) is 23.7 Å². The number of nitrogen functional groups attached to an aromatic ring is 1. The van der Waals surface area contributed by atoms with E-state index in [2.05, 4.69) is 26.3 Å². The van der Waals surface area contributed by atoms with E-state index in [9.17, 15) is 9.65 Å². The monoisotopic (exact) mass is 425 g/mol. The number of hydrogen-bond acceptors (Lipinski definition) is 7. The third-order valence-corrected chi connectivity index (χ3v) is 5.19. The Labute approximate surface area is 181 Å². The molecule has 5 aromatic rings. The molecule has 0 aliphatic heterocycles. The van der Waals surface area contributed by atoms with Crippen LogP contribution in [0.5, 0.6) is 0 Å². The molecule has 2 aromatic carbocycles. The number of nitriles is 1. The van der Waals surface area contributed by atoms with Crippen molar-refractivity contribution in [2.24, 2.45) is 0 Å². The first-order chi connectivity index (χ1) is 15.6. The van der Waals surface area contributed by atoms with Gasteiger partial charge in [-0.2, -0.15) is 10.4 Å². The molecular weight excluding hydrogens is 409 g/mol. The zero-order valence-corrected chi connectivity index (χ0v) is 16.9. The number of nitrogens with two attached hydrogens (primary N) is 1. The Morgan fingerprint density at radius 2 is 1.97 bits per heavy atom. The summed E-state index contributed by atoms with van der Waals surface area (Å²) in [5, 5.41) is 22.9. The number of halogens is 1. The van der Waals surface area contributed by atoms with Crippen molar-refractivity contribution in [3.8, 4) is 23.0 Å². The Balaban J connectivity index is 1.63. The molecule has 1 unspecified atom stereocenters. The van der Waals surface area contributed by atoms with Crippen LogP contribution in [0.1, 0.15) is 24.2 Å². The van der Waals surface area contributed by atoms with Crippen molar-refractivity contribution in [3.05, 3.63) is 78.1 Å². The van der Waals surface area contributed by atoms with Crippen molar-refractivity contribution < 1.29 is 4.39 Å². The van der Waals surface area contributed by atoms with E-state index in [4.69, 9.17) is 10.8 Å². The molecule has 0 saturated carbocycles. The fraction of sp³-hybridized carbons (Fsp3) is 0.0909. The number of benzene rings is 2. The molecule has 0 fully saturated rings. The van der Waals surface area contributed by atoms with Crippen molar-refractivity contribution in [2.45, 2.75) is 13.0 Å². The van der Waals surface area contributed by atoms with E-state index in [1.807, 2.05) is 13.0 Å². The number of rotatable bonds is 4. The van der Waals surface area contributed by atoms with Gasteiger partial charge in [-0.15, -0.1) is 5.10 Å². The molecule has 0 bridgehead atoms. The fourth-order valence-electron chi connectivity index (χ4n) is 3.55. The van der Waals surface area contributed by atoms with Crippen LogP contribution in [0.4, 0.5) is 10.2 Å². The van der Waals surface area contributed by atoms with Crippen LogP contribution in [0.2, 0.25) is 0 Å². The Morgan fingerprint density at radius 3 is 2.78 bits per heavy atom. The minimum atomic E-state index is -0.402. The van der Waals surface area contributed by atoms with E-state index in [1.54, 1.807) is 47.3 Å². The Morgan fingerprint density at radius 1 is 1.12 bits per heavy atom. The predicted molar refractivity (Wildman–Crippen MR) is 115 cm³/mol. The zero-order chi connectivity index (χ0) is 22.2. The highest BCUT2D eigenvalue weighted by atomic mass is 19.1. The lowest BCUT2D eigenvalue weighted by Gasteiger charge is -2.09. The molecule has 156 valence electrons. The molecular formula is C22H16FN9. The average Bonchev–Trinajstić information content (AvgIpc) is 3.45. The molecule has 3 aromatic heterocycles. The Bertz CT molecular complexity index is 1500. The quantitative estimate of drug-likeness (QED) is 0.468. The molecule has 0 aliphatic carbocycles. The summed E-state index contributed by atoms with van der Waals surface area (Å²) in [6.07, 6.45) is 3.02. The highest BCUT2D eigenvalue weighted by Gasteiger charge is 2.23. The summed E-state index contributed by atoms with van der Waals surface area (Å²) in [4.78, 5) is 8.50. The second kappa shape index (κ2) is 7.55. The molecule has 0 aliphatic rings. The van der Waals surface area contributed by atoms with Gasteiger partial charge in [0.25, 0.3) is 0 Å². The van der Waals surface area contributed by atoms with E-state index in [0.717, 1.165) is 5.56 Å². The van der Waals surface area contributed by atoms with Gasteiger partial charge in [-0.3, -0.25) is 0 Å². The maximum atomic E-state index is 14.2. The standard InChI is InChI=1S/C22H16FN9/c1-13(17-11-31(30-28-17)18-8-3-2-7-16(18)23)32-22-19(21(25)26-12-27-22)20(29-32)15-6-4-5-14(9-15)10-24/h2-9,11-13H,1H3,(H2,25,26,27). The van der Waals surface area contributed by atoms with Gasteiger partial charge in [-0.05, 0) is 31.2 Å². The van der Waals surface area contributed by atoms with Gasteiger partial charge in [0.1, 0.15) is 35.0 Å². The maximum absolute atomic E-state index is 14.2. The molecule has 9 nitrogen and oxygen atoms in total. The van der Waals surface area contributed by atoms with Crippen LogP contribution >= 0.6 is 0 Å². The van der Waals surface area contributed by atoms with Crippen LogP contribution in [0, 0.1) is 17.1 Å². The number of fused-ring (bicyclic) bond motifs is 1. The lowest BCUT2D eigenvalue weighted by atomic mass is 10.1. The Kier molecular flexibility index (Phi) is 4.56. The summed E-state index contributed by atoms with van der Waals surface area (Å²) in [6, 6.07) is 15.1. The van der Waals surface area contributed by atoms with Crippen molar-refractivity contribution in [3.63, 3.8) is 0 Å². The molecule has 10 heteroatoms. The maximum Gasteiger partial charge on any atom is 0.164 e. The second-order valence-corrected chi connectivity index (χ2v) is 7.16. The van der Waals surface area contributed by atoms with Crippen molar-refractivity contribution in [1.29, 1.82) is 5.26 Å².